The number of nitrogens with one attached hydrogen (secondary N) is 1. The van der Waals surface area contributed by atoms with Gasteiger partial charge in [-0.15, -0.1) is 23.7 Å². The third-order valence-corrected chi connectivity index (χ3v) is 2.44. The van der Waals surface area contributed by atoms with Crippen LogP contribution in [-0.2, 0) is 6.42 Å². The van der Waals surface area contributed by atoms with Crippen molar-refractivity contribution in [3.8, 4) is 12.3 Å². The van der Waals surface area contributed by atoms with Crippen molar-refractivity contribution in [1.29, 1.82) is 0 Å². The van der Waals surface area contributed by atoms with Crippen molar-refractivity contribution in [3.05, 3.63) is 17.3 Å². The second kappa shape index (κ2) is 2.40. The summed E-state index contributed by atoms with van der Waals surface area (Å²) in [7, 11) is 0. The van der Waals surface area contributed by atoms with Crippen LogP contribution in [0.3, 0.4) is 0 Å². The quantitative estimate of drug-likeness (QED) is 0.636. The first kappa shape index (κ1) is 6.44. The summed E-state index contributed by atoms with van der Waals surface area (Å²) < 4.78 is 1.18. The van der Waals surface area contributed by atoms with Gasteiger partial charge < -0.3 is 4.98 Å². The van der Waals surface area contributed by atoms with Gasteiger partial charge in [-0.25, -0.2) is 4.98 Å². The van der Waals surface area contributed by atoms with Crippen LogP contribution in [0.25, 0.3) is 10.3 Å². The predicted molar refractivity (Wildman–Crippen MR) is 46.5 cm³/mol. The van der Waals surface area contributed by atoms with Crippen molar-refractivity contribution < 1.29 is 0 Å². The fourth-order valence-electron chi connectivity index (χ4n) is 1.04. The highest BCUT2D eigenvalue weighted by Crippen LogP contribution is 2.21. The summed E-state index contributed by atoms with van der Waals surface area (Å²) in [5, 5.41) is 0. The van der Waals surface area contributed by atoms with Gasteiger partial charge in [0.25, 0.3) is 0 Å². The van der Waals surface area contributed by atoms with E-state index in [4.69, 9.17) is 6.42 Å². The Morgan fingerprint density at radius 3 is 3.45 bits per heavy atom. The number of hydrogen-bond donors (Lipinski definition) is 1. The van der Waals surface area contributed by atoms with Crippen LogP contribution in [0.2, 0.25) is 0 Å². The van der Waals surface area contributed by atoms with Gasteiger partial charge in [0.05, 0.1) is 10.2 Å². The zero-order chi connectivity index (χ0) is 7.68. The lowest BCUT2D eigenvalue weighted by molar-refractivity contribution is 1.31. The molecule has 0 spiro atoms. The minimum absolute atomic E-state index is 0.683. The molecule has 2 nitrogen and oxygen atoms in total. The molecular weight excluding hydrogens is 156 g/mol. The summed E-state index contributed by atoms with van der Waals surface area (Å²) in [4.78, 5) is 7.17. The number of hydrogen-bond acceptors (Lipinski definition) is 2. The third-order valence-electron chi connectivity index (χ3n) is 1.53. The molecule has 0 unspecified atom stereocenters. The van der Waals surface area contributed by atoms with E-state index in [1.165, 1.54) is 10.3 Å². The van der Waals surface area contributed by atoms with Gasteiger partial charge in [-0.3, -0.25) is 0 Å². The third kappa shape index (κ3) is 0.920. The molecule has 0 aliphatic rings. The second-order valence-corrected chi connectivity index (χ2v) is 3.08. The number of rotatable bonds is 1. The van der Waals surface area contributed by atoms with E-state index in [0.717, 1.165) is 5.65 Å². The van der Waals surface area contributed by atoms with Gasteiger partial charge in [-0.05, 0) is 0 Å². The molecule has 0 saturated heterocycles. The molecule has 0 saturated carbocycles. The first-order valence-electron chi connectivity index (χ1n) is 3.24. The van der Waals surface area contributed by atoms with E-state index in [1.807, 2.05) is 11.7 Å². The monoisotopic (exact) mass is 162 g/mol. The van der Waals surface area contributed by atoms with Crippen molar-refractivity contribution in [3.63, 3.8) is 0 Å². The molecule has 0 fully saturated rings. The maximum atomic E-state index is 5.20. The Hall–Kier alpha value is -1.27. The molecule has 1 N–H and O–H groups in total. The number of aromatic amines is 1. The Bertz CT molecular complexity index is 405. The van der Waals surface area contributed by atoms with Crippen molar-refractivity contribution in [2.24, 2.45) is 0 Å². The van der Waals surface area contributed by atoms with E-state index < -0.39 is 0 Å². The molecule has 0 atom stereocenters. The van der Waals surface area contributed by atoms with Crippen LogP contribution in [0, 0.1) is 12.3 Å². The maximum absolute atomic E-state index is 5.20. The van der Waals surface area contributed by atoms with E-state index in [9.17, 15) is 0 Å². The van der Waals surface area contributed by atoms with Gasteiger partial charge in [-0.2, -0.15) is 0 Å². The van der Waals surface area contributed by atoms with Crippen LogP contribution < -0.4 is 0 Å². The summed E-state index contributed by atoms with van der Waals surface area (Å²) in [6, 6.07) is 0. The lowest BCUT2D eigenvalue weighted by atomic mass is 10.2. The van der Waals surface area contributed by atoms with E-state index in [1.54, 1.807) is 11.3 Å². The average Bonchev–Trinajstić information content (AvgIpc) is 2.53. The number of H-pyrrole nitrogens is 1. The highest BCUT2D eigenvalue weighted by molar-refractivity contribution is 7.16. The Balaban J connectivity index is 2.61. The molecule has 0 bridgehead atoms. The first-order chi connectivity index (χ1) is 5.42. The largest absolute Gasteiger partial charge is 0.345 e. The standard InChI is InChI=1S/C8H6N2S/c1-2-3-6-4-9-8-7(6)11-5-10-8/h1,4-5,9H,3H2. The maximum Gasteiger partial charge on any atom is 0.148 e. The predicted octanol–water partition coefficient (Wildman–Crippen LogP) is 1.80. The molecule has 2 heterocycles. The van der Waals surface area contributed by atoms with Gasteiger partial charge in [0.1, 0.15) is 5.65 Å². The Labute approximate surface area is 68.3 Å². The summed E-state index contributed by atoms with van der Waals surface area (Å²) in [6.45, 7) is 0. The molecular formula is C8H6N2S. The number of terminal acetylenes is 1. The van der Waals surface area contributed by atoms with Crippen molar-refractivity contribution in [2.45, 2.75) is 6.42 Å². The molecule has 2 aromatic rings. The summed E-state index contributed by atoms with van der Waals surface area (Å²) in [6.07, 6.45) is 7.81. The molecule has 3 heteroatoms. The van der Waals surface area contributed by atoms with Crippen LogP contribution in [0.15, 0.2) is 11.7 Å². The number of thiazole rings is 1. The number of nitrogens with zero attached hydrogens (tertiary/aromatic N) is 1. The molecule has 11 heavy (non-hydrogen) atoms. The van der Waals surface area contributed by atoms with Crippen molar-refractivity contribution in [1.82, 2.24) is 9.97 Å². The highest BCUT2D eigenvalue weighted by atomic mass is 32.1. The topological polar surface area (TPSA) is 28.7 Å². The van der Waals surface area contributed by atoms with E-state index in [2.05, 4.69) is 15.9 Å². The normalized spacial score (nSPS) is 10.1. The molecule has 2 rings (SSSR count). The molecule has 54 valence electrons. The Morgan fingerprint density at radius 2 is 2.64 bits per heavy atom. The van der Waals surface area contributed by atoms with Gasteiger partial charge in [-0.1, -0.05) is 0 Å². The summed E-state index contributed by atoms with van der Waals surface area (Å²) in [5.41, 5.74) is 3.94. The lowest BCUT2D eigenvalue weighted by Gasteiger charge is -1.83. The summed E-state index contributed by atoms with van der Waals surface area (Å²) in [5.74, 6) is 2.61. The van der Waals surface area contributed by atoms with Crippen LogP contribution in [0.4, 0.5) is 0 Å². The zero-order valence-corrected chi connectivity index (χ0v) is 6.61. The van der Waals surface area contributed by atoms with Gasteiger partial charge in [0, 0.05) is 18.2 Å². The highest BCUT2D eigenvalue weighted by Gasteiger charge is 2.03. The van der Waals surface area contributed by atoms with Gasteiger partial charge >= 0.3 is 0 Å². The van der Waals surface area contributed by atoms with Crippen molar-refractivity contribution in [2.75, 3.05) is 0 Å². The Morgan fingerprint density at radius 1 is 1.73 bits per heavy atom. The van der Waals surface area contributed by atoms with Crippen molar-refractivity contribution >= 4 is 21.7 Å². The van der Waals surface area contributed by atoms with Gasteiger partial charge in [0.2, 0.25) is 0 Å². The minimum atomic E-state index is 0.683. The van der Waals surface area contributed by atoms with E-state index in [0.29, 0.717) is 6.42 Å². The molecule has 0 amide bonds. The smallest absolute Gasteiger partial charge is 0.148 e. The van der Waals surface area contributed by atoms with Crippen LogP contribution in [-0.4, -0.2) is 9.97 Å². The van der Waals surface area contributed by atoms with Crippen LogP contribution >= 0.6 is 11.3 Å². The first-order valence-corrected chi connectivity index (χ1v) is 4.12. The Kier molecular flexibility index (Phi) is 1.41. The molecule has 0 aliphatic heterocycles. The molecule has 0 radical (unpaired) electrons. The second-order valence-electron chi connectivity index (χ2n) is 2.22. The average molecular weight is 162 g/mol. The fourth-order valence-corrected chi connectivity index (χ4v) is 1.81. The minimum Gasteiger partial charge on any atom is -0.345 e. The van der Waals surface area contributed by atoms with Gasteiger partial charge in [0.15, 0.2) is 0 Å². The molecule has 2 aromatic heterocycles. The molecule has 0 aromatic carbocycles. The van der Waals surface area contributed by atoms with Crippen LogP contribution in [0.1, 0.15) is 5.56 Å². The number of aromatic nitrogens is 2. The SMILES string of the molecule is C#CCc1c[nH]c2ncsc12. The lowest BCUT2D eigenvalue weighted by Crippen LogP contribution is -1.72. The zero-order valence-electron chi connectivity index (χ0n) is 5.79. The van der Waals surface area contributed by atoms with Crippen LogP contribution in [0.5, 0.6) is 0 Å². The number of fused-ring (bicyclic) bond motifs is 1. The van der Waals surface area contributed by atoms with E-state index >= 15 is 0 Å². The molecule has 0 aliphatic carbocycles. The van der Waals surface area contributed by atoms with E-state index in [-0.39, 0.29) is 0 Å². The fraction of sp³-hybridized carbons (Fsp3) is 0.125. The summed E-state index contributed by atoms with van der Waals surface area (Å²) >= 11 is 1.62.